The van der Waals surface area contributed by atoms with E-state index in [0.29, 0.717) is 31.1 Å². The van der Waals surface area contributed by atoms with E-state index < -0.39 is 24.1 Å². The van der Waals surface area contributed by atoms with Gasteiger partial charge in [-0.15, -0.1) is 0 Å². The summed E-state index contributed by atoms with van der Waals surface area (Å²) in [6.07, 6.45) is 0.857. The van der Waals surface area contributed by atoms with Crippen LogP contribution in [0.25, 0.3) is 10.4 Å². The molecule has 0 bridgehead atoms. The number of aryl methyl sites for hydroxylation is 1. The first-order chi connectivity index (χ1) is 12.7. The number of ether oxygens (including phenoxy) is 2. The number of hydrogen-bond acceptors (Lipinski definition) is 5. The highest BCUT2D eigenvalue weighted by molar-refractivity contribution is 5.04. The van der Waals surface area contributed by atoms with Crippen molar-refractivity contribution < 1.29 is 9.47 Å². The molecule has 1 fully saturated rings. The zero-order valence-corrected chi connectivity index (χ0v) is 16.7. The lowest BCUT2D eigenvalue weighted by atomic mass is 10.1. The van der Waals surface area contributed by atoms with Crippen molar-refractivity contribution in [1.82, 2.24) is 9.13 Å². The van der Waals surface area contributed by atoms with Gasteiger partial charge in [0.05, 0.1) is 18.8 Å². The minimum atomic E-state index is -0.599. The maximum atomic E-state index is 12.9. The maximum Gasteiger partial charge on any atom is 0.333 e. The quantitative estimate of drug-likeness (QED) is 0.392. The lowest BCUT2D eigenvalue weighted by Crippen LogP contribution is -2.43. The van der Waals surface area contributed by atoms with Gasteiger partial charge in [0.2, 0.25) is 0 Å². The Balaban J connectivity index is 2.29. The van der Waals surface area contributed by atoms with Crippen molar-refractivity contribution in [3.05, 3.63) is 43.0 Å². The van der Waals surface area contributed by atoms with Gasteiger partial charge < -0.3 is 9.47 Å². The van der Waals surface area contributed by atoms with Gasteiger partial charge in [0.15, 0.2) is 0 Å². The fourth-order valence-corrected chi connectivity index (χ4v) is 3.13. The summed E-state index contributed by atoms with van der Waals surface area (Å²) in [5, 5.41) is 3.81. The molecule has 1 aliphatic rings. The average molecular weight is 379 g/mol. The number of hydrogen-bond donors (Lipinski definition) is 0. The maximum absolute atomic E-state index is 12.9. The molecule has 2 heterocycles. The first kappa shape index (κ1) is 21.2. The van der Waals surface area contributed by atoms with Crippen molar-refractivity contribution in [2.45, 2.75) is 66.0 Å². The fraction of sp³-hybridized carbons (Fsp3) is 0.778. The molecule has 9 nitrogen and oxygen atoms in total. The molecule has 2 rings (SSSR count). The fourth-order valence-electron chi connectivity index (χ4n) is 3.13. The second-order valence-electron chi connectivity index (χ2n) is 7.88. The molecule has 0 saturated carbocycles. The summed E-state index contributed by atoms with van der Waals surface area (Å²) in [4.78, 5) is 28.1. The van der Waals surface area contributed by atoms with Gasteiger partial charge in [-0.3, -0.25) is 13.9 Å². The summed E-state index contributed by atoms with van der Waals surface area (Å²) in [7, 11) is 0. The van der Waals surface area contributed by atoms with Crippen LogP contribution in [-0.4, -0.2) is 34.5 Å². The Morgan fingerprint density at radius 2 is 2.04 bits per heavy atom. The molecular weight excluding hydrogens is 350 g/mol. The summed E-state index contributed by atoms with van der Waals surface area (Å²) < 4.78 is 14.3. The van der Waals surface area contributed by atoms with E-state index in [1.165, 1.54) is 15.3 Å². The largest absolute Gasteiger partial charge is 0.378 e. The van der Waals surface area contributed by atoms with E-state index in [1.54, 1.807) is 6.92 Å². The van der Waals surface area contributed by atoms with Crippen LogP contribution in [0.3, 0.4) is 0 Å². The van der Waals surface area contributed by atoms with Gasteiger partial charge in [0, 0.05) is 36.2 Å². The molecule has 0 N–H and O–H groups in total. The summed E-state index contributed by atoms with van der Waals surface area (Å²) >= 11 is 0. The van der Waals surface area contributed by atoms with Gasteiger partial charge in [0.25, 0.3) is 5.56 Å². The molecule has 1 saturated heterocycles. The molecule has 1 aliphatic heterocycles. The Hall–Kier alpha value is -2.09. The molecule has 9 heteroatoms. The van der Waals surface area contributed by atoms with Gasteiger partial charge in [-0.2, -0.15) is 0 Å². The van der Waals surface area contributed by atoms with Gasteiger partial charge in [-0.25, -0.2) is 4.79 Å². The molecule has 1 aromatic heterocycles. The summed E-state index contributed by atoms with van der Waals surface area (Å²) in [5.74, 6) is 0.535. The SMILES string of the molecule is Cc1cn([C@H]2CC(N=[N+]=[N-])[C@@H](COCC(C)C)O2)c(=O)n(CC(C)C)c1=O. The van der Waals surface area contributed by atoms with Gasteiger partial charge in [-0.1, -0.05) is 32.8 Å². The topological polar surface area (TPSA) is 111 Å². The van der Waals surface area contributed by atoms with E-state index in [1.807, 2.05) is 27.7 Å². The molecule has 0 spiro atoms. The van der Waals surface area contributed by atoms with Gasteiger partial charge >= 0.3 is 5.69 Å². The minimum absolute atomic E-state index is 0.156. The Bertz CT molecular complexity index is 807. The highest BCUT2D eigenvalue weighted by atomic mass is 16.6. The predicted molar refractivity (Wildman–Crippen MR) is 102 cm³/mol. The molecular formula is C18H29N5O4. The van der Waals surface area contributed by atoms with Crippen LogP contribution in [0.2, 0.25) is 0 Å². The third-order valence-corrected chi connectivity index (χ3v) is 4.36. The van der Waals surface area contributed by atoms with Crippen LogP contribution in [0.5, 0.6) is 0 Å². The van der Waals surface area contributed by atoms with Crippen LogP contribution in [0.15, 0.2) is 20.9 Å². The van der Waals surface area contributed by atoms with Crippen molar-refractivity contribution in [2.75, 3.05) is 13.2 Å². The predicted octanol–water partition coefficient (Wildman–Crippen LogP) is 2.61. The molecule has 0 aliphatic carbocycles. The van der Waals surface area contributed by atoms with E-state index in [4.69, 9.17) is 15.0 Å². The van der Waals surface area contributed by atoms with Crippen LogP contribution >= 0.6 is 0 Å². The summed E-state index contributed by atoms with van der Waals surface area (Å²) in [6.45, 7) is 10.9. The van der Waals surface area contributed by atoms with E-state index >= 15 is 0 Å². The first-order valence-electron chi connectivity index (χ1n) is 9.34. The van der Waals surface area contributed by atoms with Crippen molar-refractivity contribution in [3.63, 3.8) is 0 Å². The standard InChI is InChI=1S/C18H29N5O4/c1-11(2)7-23-17(24)13(5)8-22(18(23)25)16-6-14(20-21-19)15(27-16)10-26-9-12(3)4/h8,11-12,14-16H,6-7,9-10H2,1-5H3/t14?,15-,16-/m1/s1. The van der Waals surface area contributed by atoms with E-state index in [2.05, 4.69) is 10.0 Å². The molecule has 3 atom stereocenters. The van der Waals surface area contributed by atoms with Gasteiger partial charge in [0.1, 0.15) is 6.23 Å². The lowest BCUT2D eigenvalue weighted by Gasteiger charge is -2.19. The monoisotopic (exact) mass is 379 g/mol. The van der Waals surface area contributed by atoms with Crippen molar-refractivity contribution in [2.24, 2.45) is 17.0 Å². The summed E-state index contributed by atoms with van der Waals surface area (Å²) in [5.41, 5.74) is 8.62. The van der Waals surface area contributed by atoms with Crippen molar-refractivity contribution in [3.8, 4) is 0 Å². The van der Waals surface area contributed by atoms with Crippen LogP contribution in [0, 0.1) is 18.8 Å². The molecule has 0 radical (unpaired) electrons. The van der Waals surface area contributed by atoms with Crippen LogP contribution in [0.4, 0.5) is 0 Å². The minimum Gasteiger partial charge on any atom is -0.378 e. The van der Waals surface area contributed by atoms with Crippen LogP contribution in [-0.2, 0) is 16.0 Å². The van der Waals surface area contributed by atoms with Crippen LogP contribution < -0.4 is 11.2 Å². The first-order valence-corrected chi connectivity index (χ1v) is 9.34. The zero-order chi connectivity index (χ0) is 20.1. The van der Waals surface area contributed by atoms with E-state index in [9.17, 15) is 9.59 Å². The molecule has 0 amide bonds. The Labute approximate surface area is 158 Å². The highest BCUT2D eigenvalue weighted by Gasteiger charge is 2.36. The van der Waals surface area contributed by atoms with Crippen molar-refractivity contribution >= 4 is 0 Å². The zero-order valence-electron chi connectivity index (χ0n) is 16.7. The molecule has 0 aromatic carbocycles. The second kappa shape index (κ2) is 9.21. The second-order valence-corrected chi connectivity index (χ2v) is 7.88. The third-order valence-electron chi connectivity index (χ3n) is 4.36. The van der Waals surface area contributed by atoms with Crippen molar-refractivity contribution in [1.29, 1.82) is 0 Å². The lowest BCUT2D eigenvalue weighted by molar-refractivity contribution is -0.0494. The van der Waals surface area contributed by atoms with E-state index in [-0.39, 0.29) is 18.1 Å². The van der Waals surface area contributed by atoms with Crippen LogP contribution in [0.1, 0.15) is 45.9 Å². The number of aromatic nitrogens is 2. The number of azide groups is 1. The molecule has 1 unspecified atom stereocenters. The Kier molecular flexibility index (Phi) is 7.24. The molecule has 150 valence electrons. The van der Waals surface area contributed by atoms with Gasteiger partial charge in [-0.05, 0) is 24.3 Å². The van der Waals surface area contributed by atoms with E-state index in [0.717, 1.165) is 0 Å². The normalized spacial score (nSPS) is 22.4. The highest BCUT2D eigenvalue weighted by Crippen LogP contribution is 2.30. The Morgan fingerprint density at radius 3 is 2.63 bits per heavy atom. The number of rotatable bonds is 8. The molecule has 27 heavy (non-hydrogen) atoms. The number of nitrogens with zero attached hydrogens (tertiary/aromatic N) is 5. The average Bonchev–Trinajstić information content (AvgIpc) is 2.97. The Morgan fingerprint density at radius 1 is 1.33 bits per heavy atom. The molecule has 1 aromatic rings. The smallest absolute Gasteiger partial charge is 0.333 e. The summed E-state index contributed by atoms with van der Waals surface area (Å²) in [6, 6.07) is -0.426. The third kappa shape index (κ3) is 5.22.